The Bertz CT molecular complexity index is 1030. The zero-order valence-electron chi connectivity index (χ0n) is 13.9. The molecule has 0 fully saturated rings. The summed E-state index contributed by atoms with van der Waals surface area (Å²) in [6, 6.07) is 14.9. The average Bonchev–Trinajstić information content (AvgIpc) is 3.08. The van der Waals surface area contributed by atoms with Gasteiger partial charge in [-0.25, -0.2) is 9.37 Å². The van der Waals surface area contributed by atoms with Crippen molar-refractivity contribution in [2.45, 2.75) is 13.0 Å². The number of aromatic nitrogens is 2. The molecule has 0 saturated heterocycles. The normalized spacial score (nSPS) is 12.9. The van der Waals surface area contributed by atoms with Gasteiger partial charge in [-0.1, -0.05) is 18.2 Å². The van der Waals surface area contributed by atoms with Crippen LogP contribution in [0.15, 0.2) is 65.7 Å². The molecule has 0 unspecified atom stereocenters. The minimum Gasteiger partial charge on any atom is -0.310 e. The minimum absolute atomic E-state index is 0.0656. The van der Waals surface area contributed by atoms with Crippen molar-refractivity contribution in [1.82, 2.24) is 9.55 Å². The van der Waals surface area contributed by atoms with Gasteiger partial charge in [-0.3, -0.25) is 14.2 Å². The van der Waals surface area contributed by atoms with E-state index in [9.17, 15) is 14.0 Å². The van der Waals surface area contributed by atoms with Gasteiger partial charge >= 0.3 is 0 Å². The van der Waals surface area contributed by atoms with Crippen LogP contribution in [0.2, 0.25) is 0 Å². The Hall–Kier alpha value is -3.28. The van der Waals surface area contributed by atoms with Crippen LogP contribution < -0.4 is 10.5 Å². The summed E-state index contributed by atoms with van der Waals surface area (Å²) in [5, 5.41) is 0. The summed E-state index contributed by atoms with van der Waals surface area (Å²) in [5.41, 5.74) is 2.82. The largest absolute Gasteiger partial charge is 0.310 e. The van der Waals surface area contributed by atoms with Crippen molar-refractivity contribution < 1.29 is 9.18 Å². The lowest BCUT2D eigenvalue weighted by atomic mass is 10.1. The summed E-state index contributed by atoms with van der Waals surface area (Å²) in [5.74, 6) is -0.494. The summed E-state index contributed by atoms with van der Waals surface area (Å²) in [6.45, 7) is 0.553. The predicted molar refractivity (Wildman–Crippen MR) is 96.4 cm³/mol. The molecule has 0 aliphatic carbocycles. The Morgan fingerprint density at radius 3 is 2.65 bits per heavy atom. The zero-order chi connectivity index (χ0) is 18.1. The molecule has 5 nitrogen and oxygen atoms in total. The second kappa shape index (κ2) is 6.55. The standard InChI is InChI=1S/C20H16FN3O2/c21-16-7-5-14(6-8-16)17-11-19(25)23(13-22-17)12-20(26)24-10-9-15-3-1-2-4-18(15)24/h1-8,11,13H,9-10,12H2. The summed E-state index contributed by atoms with van der Waals surface area (Å²) >= 11 is 0. The van der Waals surface area contributed by atoms with Crippen molar-refractivity contribution in [2.24, 2.45) is 0 Å². The molecule has 0 atom stereocenters. The van der Waals surface area contributed by atoms with Crippen molar-refractivity contribution in [3.05, 3.63) is 82.7 Å². The van der Waals surface area contributed by atoms with Gasteiger partial charge < -0.3 is 4.90 Å². The van der Waals surface area contributed by atoms with E-state index in [1.807, 2.05) is 24.3 Å². The van der Waals surface area contributed by atoms with Gasteiger partial charge in [-0.05, 0) is 42.3 Å². The molecule has 3 aromatic rings. The summed E-state index contributed by atoms with van der Waals surface area (Å²) < 4.78 is 14.3. The lowest BCUT2D eigenvalue weighted by Gasteiger charge is -2.17. The molecule has 1 aromatic heterocycles. The van der Waals surface area contributed by atoms with Crippen molar-refractivity contribution >= 4 is 11.6 Å². The van der Waals surface area contributed by atoms with Crippen molar-refractivity contribution in [1.29, 1.82) is 0 Å². The van der Waals surface area contributed by atoms with E-state index < -0.39 is 0 Å². The maximum atomic E-state index is 13.0. The van der Waals surface area contributed by atoms with E-state index in [2.05, 4.69) is 4.98 Å². The molecule has 0 spiro atoms. The number of carbonyl (C=O) groups is 1. The molecule has 26 heavy (non-hydrogen) atoms. The number of carbonyl (C=O) groups excluding carboxylic acids is 1. The monoisotopic (exact) mass is 349 g/mol. The molecule has 1 aliphatic heterocycles. The van der Waals surface area contributed by atoms with Gasteiger partial charge in [0.2, 0.25) is 5.91 Å². The summed E-state index contributed by atoms with van der Waals surface area (Å²) in [6.07, 6.45) is 2.18. The van der Waals surface area contributed by atoms with E-state index in [1.54, 1.807) is 17.0 Å². The van der Waals surface area contributed by atoms with E-state index in [-0.39, 0.29) is 23.8 Å². The average molecular weight is 349 g/mol. The Morgan fingerprint density at radius 1 is 1.12 bits per heavy atom. The fourth-order valence-corrected chi connectivity index (χ4v) is 3.15. The zero-order valence-corrected chi connectivity index (χ0v) is 13.9. The molecule has 2 heterocycles. The van der Waals surface area contributed by atoms with Gasteiger partial charge in [0.15, 0.2) is 0 Å². The van der Waals surface area contributed by atoms with Gasteiger partial charge in [-0.15, -0.1) is 0 Å². The third kappa shape index (κ3) is 3.01. The number of nitrogens with zero attached hydrogens (tertiary/aromatic N) is 3. The lowest BCUT2D eigenvalue weighted by Crippen LogP contribution is -2.35. The first-order chi connectivity index (χ1) is 12.6. The Balaban J connectivity index is 1.55. The van der Waals surface area contributed by atoms with Gasteiger partial charge in [-0.2, -0.15) is 0 Å². The maximum absolute atomic E-state index is 13.0. The second-order valence-electron chi connectivity index (χ2n) is 6.17. The SMILES string of the molecule is O=C(Cn1cnc(-c2ccc(F)cc2)cc1=O)N1CCc2ccccc21. The first-order valence-electron chi connectivity index (χ1n) is 8.32. The minimum atomic E-state index is -0.349. The molecular formula is C20H16FN3O2. The van der Waals surface area contributed by atoms with Crippen LogP contribution in [-0.2, 0) is 17.8 Å². The van der Waals surface area contributed by atoms with Crippen molar-refractivity contribution in [2.75, 3.05) is 11.4 Å². The number of benzene rings is 2. The first kappa shape index (κ1) is 16.2. The van der Waals surface area contributed by atoms with Gasteiger partial charge in [0.1, 0.15) is 12.4 Å². The number of halogens is 1. The highest BCUT2D eigenvalue weighted by Crippen LogP contribution is 2.27. The highest BCUT2D eigenvalue weighted by atomic mass is 19.1. The molecule has 0 N–H and O–H groups in total. The van der Waals surface area contributed by atoms with Crippen LogP contribution in [0, 0.1) is 5.82 Å². The molecule has 6 heteroatoms. The van der Waals surface area contributed by atoms with Crippen molar-refractivity contribution in [3.63, 3.8) is 0 Å². The first-order valence-corrected chi connectivity index (χ1v) is 8.32. The number of hydrogen-bond donors (Lipinski definition) is 0. The number of amides is 1. The van der Waals surface area contributed by atoms with Crippen LogP contribution in [0.3, 0.4) is 0 Å². The van der Waals surface area contributed by atoms with Crippen LogP contribution in [0.4, 0.5) is 10.1 Å². The van der Waals surface area contributed by atoms with E-state index in [1.165, 1.54) is 29.1 Å². The fraction of sp³-hybridized carbons (Fsp3) is 0.150. The van der Waals surface area contributed by atoms with E-state index in [0.717, 1.165) is 17.7 Å². The molecule has 0 saturated carbocycles. The van der Waals surface area contributed by atoms with Crippen LogP contribution in [0.25, 0.3) is 11.3 Å². The maximum Gasteiger partial charge on any atom is 0.254 e. The van der Waals surface area contributed by atoms with Crippen LogP contribution >= 0.6 is 0 Å². The molecular weight excluding hydrogens is 333 g/mol. The number of para-hydroxylation sites is 1. The van der Waals surface area contributed by atoms with Gasteiger partial charge in [0, 0.05) is 23.9 Å². The fourth-order valence-electron chi connectivity index (χ4n) is 3.15. The highest BCUT2D eigenvalue weighted by Gasteiger charge is 2.24. The van der Waals surface area contributed by atoms with E-state index in [4.69, 9.17) is 0 Å². The second-order valence-corrected chi connectivity index (χ2v) is 6.17. The molecule has 0 radical (unpaired) electrons. The Kier molecular flexibility index (Phi) is 4.08. The highest BCUT2D eigenvalue weighted by molar-refractivity contribution is 5.95. The predicted octanol–water partition coefficient (Wildman–Crippen LogP) is 2.64. The smallest absolute Gasteiger partial charge is 0.254 e. The van der Waals surface area contributed by atoms with Gasteiger partial charge in [0.05, 0.1) is 12.0 Å². The quantitative estimate of drug-likeness (QED) is 0.730. The summed E-state index contributed by atoms with van der Waals surface area (Å²) in [4.78, 5) is 30.9. The topological polar surface area (TPSA) is 55.2 Å². The third-order valence-electron chi connectivity index (χ3n) is 4.51. The molecule has 2 aromatic carbocycles. The number of fused-ring (bicyclic) bond motifs is 1. The lowest BCUT2D eigenvalue weighted by molar-refractivity contribution is -0.119. The van der Waals surface area contributed by atoms with Gasteiger partial charge in [0.25, 0.3) is 5.56 Å². The third-order valence-corrected chi connectivity index (χ3v) is 4.51. The molecule has 130 valence electrons. The molecule has 1 amide bonds. The number of rotatable bonds is 3. The number of hydrogen-bond acceptors (Lipinski definition) is 3. The molecule has 1 aliphatic rings. The Morgan fingerprint density at radius 2 is 1.88 bits per heavy atom. The molecule has 0 bridgehead atoms. The Labute approximate surface area is 149 Å². The van der Waals surface area contributed by atoms with Crippen LogP contribution in [0.5, 0.6) is 0 Å². The van der Waals surface area contributed by atoms with Crippen LogP contribution in [0.1, 0.15) is 5.56 Å². The summed E-state index contributed by atoms with van der Waals surface area (Å²) in [7, 11) is 0. The number of anilines is 1. The van der Waals surface area contributed by atoms with Crippen LogP contribution in [-0.4, -0.2) is 22.0 Å². The van der Waals surface area contributed by atoms with Crippen molar-refractivity contribution in [3.8, 4) is 11.3 Å². The molecule has 4 rings (SSSR count). The van der Waals surface area contributed by atoms with E-state index >= 15 is 0 Å². The van der Waals surface area contributed by atoms with E-state index in [0.29, 0.717) is 17.8 Å².